The van der Waals surface area contributed by atoms with Gasteiger partial charge >= 0.3 is 5.97 Å². The largest absolute Gasteiger partial charge is 0.478 e. The summed E-state index contributed by atoms with van der Waals surface area (Å²) < 4.78 is 18.9. The third-order valence-corrected chi connectivity index (χ3v) is 3.20. The maximum absolute atomic E-state index is 13.5. The number of nitrogens with zero attached hydrogens (tertiary/aromatic N) is 1. The molecule has 0 bridgehead atoms. The van der Waals surface area contributed by atoms with Crippen LogP contribution in [-0.2, 0) is 0 Å². The lowest BCUT2D eigenvalue weighted by Crippen LogP contribution is -2.09. The zero-order valence-corrected chi connectivity index (χ0v) is 10.8. The Hall–Kier alpha value is -2.96. The number of carboxylic acid groups (broad SMARTS) is 1. The van der Waals surface area contributed by atoms with Gasteiger partial charge in [0.2, 0.25) is 11.1 Å². The summed E-state index contributed by atoms with van der Waals surface area (Å²) in [5, 5.41) is 9.15. The fraction of sp³-hybridized carbons (Fsp3) is 0.0714. The van der Waals surface area contributed by atoms with E-state index < -0.39 is 17.2 Å². The van der Waals surface area contributed by atoms with Crippen molar-refractivity contribution in [2.24, 2.45) is 0 Å². The van der Waals surface area contributed by atoms with Crippen molar-refractivity contribution in [2.75, 3.05) is 5.73 Å². The van der Waals surface area contributed by atoms with Gasteiger partial charge in [0.05, 0.1) is 10.8 Å². The zero-order chi connectivity index (χ0) is 15.3. The Morgan fingerprint density at radius 2 is 2.05 bits per heavy atom. The number of nitrogens with two attached hydrogens (primary N) is 1. The van der Waals surface area contributed by atoms with E-state index in [0.717, 1.165) is 12.1 Å². The van der Waals surface area contributed by atoms with E-state index in [1.807, 2.05) is 0 Å². The Labute approximate surface area is 116 Å². The van der Waals surface area contributed by atoms with E-state index in [9.17, 15) is 14.0 Å². The molecule has 0 fully saturated rings. The molecular weight excluding hydrogens is 279 g/mol. The van der Waals surface area contributed by atoms with Crippen LogP contribution in [0.1, 0.15) is 15.9 Å². The van der Waals surface area contributed by atoms with E-state index in [1.165, 1.54) is 13.0 Å². The fourth-order valence-electron chi connectivity index (χ4n) is 2.10. The van der Waals surface area contributed by atoms with Crippen molar-refractivity contribution in [2.45, 2.75) is 6.92 Å². The minimum absolute atomic E-state index is 0.0138. The summed E-state index contributed by atoms with van der Waals surface area (Å²) in [6.45, 7) is 1.52. The molecule has 7 heteroatoms. The molecular formula is C14H9FN2O4. The lowest BCUT2D eigenvalue weighted by Gasteiger charge is -2.05. The van der Waals surface area contributed by atoms with Crippen LogP contribution in [0.25, 0.3) is 22.1 Å². The SMILES string of the molecule is Cc1cc2c(=O)c3cc(C(=O)O)c(N)nc3oc2cc1F. The number of benzene rings is 1. The number of aromatic carboxylic acids is 1. The predicted molar refractivity (Wildman–Crippen MR) is 73.9 cm³/mol. The van der Waals surface area contributed by atoms with Crippen LogP contribution in [-0.4, -0.2) is 16.1 Å². The predicted octanol–water partition coefficient (Wildman–Crippen LogP) is 2.07. The average molecular weight is 288 g/mol. The minimum Gasteiger partial charge on any atom is -0.478 e. The van der Waals surface area contributed by atoms with Gasteiger partial charge in [0, 0.05) is 6.07 Å². The number of fused-ring (bicyclic) bond motifs is 2. The van der Waals surface area contributed by atoms with Crippen LogP contribution in [0.5, 0.6) is 0 Å². The zero-order valence-electron chi connectivity index (χ0n) is 10.8. The first-order valence-corrected chi connectivity index (χ1v) is 5.95. The smallest absolute Gasteiger partial charge is 0.339 e. The molecule has 3 N–H and O–H groups in total. The number of nitrogen functional groups attached to an aromatic ring is 1. The van der Waals surface area contributed by atoms with Gasteiger partial charge in [-0.15, -0.1) is 0 Å². The topological polar surface area (TPSA) is 106 Å². The first kappa shape index (κ1) is 13.0. The Morgan fingerprint density at radius 3 is 2.71 bits per heavy atom. The number of hydrogen-bond donors (Lipinski definition) is 2. The van der Waals surface area contributed by atoms with Crippen LogP contribution >= 0.6 is 0 Å². The van der Waals surface area contributed by atoms with Gasteiger partial charge in [0.25, 0.3) is 0 Å². The summed E-state index contributed by atoms with van der Waals surface area (Å²) >= 11 is 0. The normalized spacial score (nSPS) is 11.1. The molecule has 3 rings (SSSR count). The first-order valence-electron chi connectivity index (χ1n) is 5.95. The van der Waals surface area contributed by atoms with Crippen LogP contribution < -0.4 is 11.2 Å². The third kappa shape index (κ3) is 1.90. The molecule has 0 aliphatic carbocycles. The Balaban J connectivity index is 2.51. The summed E-state index contributed by atoms with van der Waals surface area (Å²) in [5.74, 6) is -2.08. The van der Waals surface area contributed by atoms with E-state index in [4.69, 9.17) is 15.3 Å². The molecule has 1 aromatic carbocycles. The molecule has 6 nitrogen and oxygen atoms in total. The monoisotopic (exact) mass is 288 g/mol. The van der Waals surface area contributed by atoms with Crippen LogP contribution in [0.3, 0.4) is 0 Å². The first-order chi connectivity index (χ1) is 9.88. The van der Waals surface area contributed by atoms with E-state index in [-0.39, 0.29) is 39.0 Å². The lowest BCUT2D eigenvalue weighted by atomic mass is 10.1. The highest BCUT2D eigenvalue weighted by Gasteiger charge is 2.16. The van der Waals surface area contributed by atoms with Gasteiger partial charge in [-0.25, -0.2) is 9.18 Å². The Bertz CT molecular complexity index is 978. The lowest BCUT2D eigenvalue weighted by molar-refractivity contribution is 0.0698. The molecule has 0 spiro atoms. The molecule has 2 aromatic heterocycles. The summed E-state index contributed by atoms with van der Waals surface area (Å²) in [7, 11) is 0. The molecule has 2 heterocycles. The Morgan fingerprint density at radius 1 is 1.33 bits per heavy atom. The number of carboxylic acids is 1. The van der Waals surface area contributed by atoms with Gasteiger partial charge in [-0.3, -0.25) is 4.79 Å². The van der Waals surface area contributed by atoms with Crippen molar-refractivity contribution < 1.29 is 18.7 Å². The van der Waals surface area contributed by atoms with Crippen molar-refractivity contribution in [1.29, 1.82) is 0 Å². The Kier molecular flexibility index (Phi) is 2.65. The summed E-state index contributed by atoms with van der Waals surface area (Å²) in [5.41, 5.74) is 4.94. The molecule has 0 saturated heterocycles. The van der Waals surface area contributed by atoms with Gasteiger partial charge in [-0.2, -0.15) is 4.98 Å². The summed E-state index contributed by atoms with van der Waals surface area (Å²) in [4.78, 5) is 27.2. The molecule has 0 amide bonds. The second kappa shape index (κ2) is 4.27. The molecule has 0 aliphatic rings. The maximum Gasteiger partial charge on any atom is 0.339 e. The van der Waals surface area contributed by atoms with Crippen molar-refractivity contribution in [3.63, 3.8) is 0 Å². The molecule has 0 unspecified atom stereocenters. The van der Waals surface area contributed by atoms with Gasteiger partial charge in [-0.1, -0.05) is 0 Å². The van der Waals surface area contributed by atoms with Crippen molar-refractivity contribution >= 4 is 33.9 Å². The number of rotatable bonds is 1. The number of hydrogen-bond acceptors (Lipinski definition) is 5. The van der Waals surface area contributed by atoms with Crippen LogP contribution in [0.15, 0.2) is 27.4 Å². The molecule has 0 atom stereocenters. The van der Waals surface area contributed by atoms with Gasteiger partial charge < -0.3 is 15.3 Å². The standard InChI is InChI=1S/C14H9FN2O4/c1-5-2-6-10(4-9(5)15)21-13-7(11(6)18)3-8(14(19)20)12(16)17-13/h2-4H,1H3,(H2,16,17)(H,19,20). The summed E-state index contributed by atoms with van der Waals surface area (Å²) in [6, 6.07) is 3.56. The molecule has 3 aromatic rings. The number of aryl methyl sites for hydroxylation is 1. The quantitative estimate of drug-likeness (QED) is 0.664. The maximum atomic E-state index is 13.5. The van der Waals surface area contributed by atoms with E-state index in [2.05, 4.69) is 4.98 Å². The highest BCUT2D eigenvalue weighted by atomic mass is 19.1. The molecule has 0 saturated carbocycles. The van der Waals surface area contributed by atoms with Crippen LogP contribution in [0.4, 0.5) is 10.2 Å². The van der Waals surface area contributed by atoms with Crippen LogP contribution in [0.2, 0.25) is 0 Å². The van der Waals surface area contributed by atoms with Crippen molar-refractivity contribution in [1.82, 2.24) is 4.98 Å². The molecule has 0 aliphatic heterocycles. The number of pyridine rings is 1. The van der Waals surface area contributed by atoms with E-state index in [0.29, 0.717) is 0 Å². The number of halogens is 1. The second-order valence-corrected chi connectivity index (χ2v) is 4.61. The van der Waals surface area contributed by atoms with Crippen molar-refractivity contribution in [3.8, 4) is 0 Å². The molecule has 21 heavy (non-hydrogen) atoms. The van der Waals surface area contributed by atoms with Gasteiger partial charge in [-0.05, 0) is 24.6 Å². The second-order valence-electron chi connectivity index (χ2n) is 4.61. The molecule has 106 valence electrons. The number of carbonyl (C=O) groups is 1. The van der Waals surface area contributed by atoms with E-state index in [1.54, 1.807) is 0 Å². The third-order valence-electron chi connectivity index (χ3n) is 3.20. The van der Waals surface area contributed by atoms with Gasteiger partial charge in [0.1, 0.15) is 22.8 Å². The fourth-order valence-corrected chi connectivity index (χ4v) is 2.10. The highest BCUT2D eigenvalue weighted by Crippen LogP contribution is 2.22. The molecule has 0 radical (unpaired) electrons. The minimum atomic E-state index is -1.29. The highest BCUT2D eigenvalue weighted by molar-refractivity contribution is 5.98. The van der Waals surface area contributed by atoms with E-state index >= 15 is 0 Å². The summed E-state index contributed by atoms with van der Waals surface area (Å²) in [6.07, 6.45) is 0. The van der Waals surface area contributed by atoms with Crippen LogP contribution in [0, 0.1) is 12.7 Å². The van der Waals surface area contributed by atoms with Crippen molar-refractivity contribution in [3.05, 3.63) is 45.4 Å². The average Bonchev–Trinajstić information content (AvgIpc) is 2.40. The van der Waals surface area contributed by atoms with Gasteiger partial charge in [0.15, 0.2) is 0 Å². The number of anilines is 1. The number of aromatic nitrogens is 1.